The summed E-state index contributed by atoms with van der Waals surface area (Å²) in [5.41, 5.74) is 1.78. The van der Waals surface area contributed by atoms with Crippen LogP contribution in [0.3, 0.4) is 0 Å². The van der Waals surface area contributed by atoms with Crippen LogP contribution in [0.15, 0.2) is 24.3 Å². The lowest BCUT2D eigenvalue weighted by molar-refractivity contribution is 0.215. The average Bonchev–Trinajstić information content (AvgIpc) is 2.41. The lowest BCUT2D eigenvalue weighted by Gasteiger charge is -2.28. The van der Waals surface area contributed by atoms with Crippen molar-refractivity contribution < 1.29 is 0 Å². The van der Waals surface area contributed by atoms with Gasteiger partial charge in [0.2, 0.25) is 0 Å². The Morgan fingerprint density at radius 2 is 2.17 bits per heavy atom. The third-order valence-electron chi connectivity index (χ3n) is 3.71. The molecular formula is C15H21N3. The summed E-state index contributed by atoms with van der Waals surface area (Å²) in [6, 6.07) is 9.86. The highest BCUT2D eigenvalue weighted by Gasteiger charge is 2.15. The van der Waals surface area contributed by atoms with Crippen LogP contribution in [0.5, 0.6) is 0 Å². The Bertz CT molecular complexity index is 414. The van der Waals surface area contributed by atoms with Crippen LogP contribution in [0.4, 0.5) is 5.69 Å². The topological polar surface area (TPSA) is 39.1 Å². The molecule has 1 aliphatic heterocycles. The number of likely N-dealkylation sites (tertiary alicyclic amines) is 1. The van der Waals surface area contributed by atoms with Gasteiger partial charge in [0.25, 0.3) is 0 Å². The van der Waals surface area contributed by atoms with Crippen LogP contribution in [0.1, 0.15) is 24.8 Å². The van der Waals surface area contributed by atoms with E-state index in [2.05, 4.69) is 23.3 Å². The summed E-state index contributed by atoms with van der Waals surface area (Å²) >= 11 is 0. The Labute approximate surface area is 109 Å². The summed E-state index contributed by atoms with van der Waals surface area (Å²) in [7, 11) is 2.20. The van der Waals surface area contributed by atoms with Gasteiger partial charge in [-0.2, -0.15) is 5.26 Å². The Hall–Kier alpha value is -1.53. The molecule has 0 spiro atoms. The lowest BCUT2D eigenvalue weighted by atomic mass is 9.94. The van der Waals surface area contributed by atoms with E-state index in [1.807, 2.05) is 24.3 Å². The first kappa shape index (κ1) is 12.9. The molecule has 0 unspecified atom stereocenters. The zero-order valence-electron chi connectivity index (χ0n) is 11.0. The van der Waals surface area contributed by atoms with Gasteiger partial charge in [0.15, 0.2) is 0 Å². The summed E-state index contributed by atoms with van der Waals surface area (Å²) < 4.78 is 0. The maximum Gasteiger partial charge on any atom is 0.0992 e. The fourth-order valence-corrected chi connectivity index (χ4v) is 2.47. The largest absolute Gasteiger partial charge is 0.385 e. The maximum absolute atomic E-state index is 8.83. The van der Waals surface area contributed by atoms with Crippen LogP contribution in [0, 0.1) is 17.2 Å². The maximum atomic E-state index is 8.83. The molecule has 0 bridgehead atoms. The smallest absolute Gasteiger partial charge is 0.0992 e. The molecule has 0 saturated carbocycles. The van der Waals surface area contributed by atoms with E-state index in [-0.39, 0.29) is 0 Å². The fourth-order valence-electron chi connectivity index (χ4n) is 2.47. The Kier molecular flexibility index (Phi) is 4.60. The second-order valence-corrected chi connectivity index (χ2v) is 5.15. The molecule has 3 nitrogen and oxygen atoms in total. The second kappa shape index (κ2) is 6.42. The Balaban J connectivity index is 1.73. The van der Waals surface area contributed by atoms with Gasteiger partial charge in [0.05, 0.1) is 11.6 Å². The van der Waals surface area contributed by atoms with Crippen molar-refractivity contribution in [3.8, 4) is 6.07 Å². The predicted octanol–water partition coefficient (Wildman–Crippen LogP) is 2.70. The van der Waals surface area contributed by atoms with E-state index in [1.165, 1.54) is 32.4 Å². The highest BCUT2D eigenvalue weighted by molar-refractivity contribution is 5.48. The van der Waals surface area contributed by atoms with Gasteiger partial charge in [-0.25, -0.2) is 0 Å². The highest BCUT2D eigenvalue weighted by Crippen LogP contribution is 2.19. The molecule has 1 aromatic rings. The average molecular weight is 243 g/mol. The Morgan fingerprint density at radius 1 is 1.39 bits per heavy atom. The molecule has 1 N–H and O–H groups in total. The number of nitriles is 1. The van der Waals surface area contributed by atoms with Gasteiger partial charge in [-0.05, 0) is 63.5 Å². The first-order valence-electron chi connectivity index (χ1n) is 6.70. The quantitative estimate of drug-likeness (QED) is 0.883. The molecule has 96 valence electrons. The summed E-state index contributed by atoms with van der Waals surface area (Å²) in [5.74, 6) is 0.854. The molecule has 0 atom stereocenters. The first-order valence-corrected chi connectivity index (χ1v) is 6.70. The van der Waals surface area contributed by atoms with Crippen molar-refractivity contribution >= 4 is 5.69 Å². The molecular weight excluding hydrogens is 222 g/mol. The van der Waals surface area contributed by atoms with Crippen LogP contribution in [-0.2, 0) is 0 Å². The number of hydrogen-bond donors (Lipinski definition) is 1. The van der Waals surface area contributed by atoms with Gasteiger partial charge in [-0.3, -0.25) is 0 Å². The van der Waals surface area contributed by atoms with Gasteiger partial charge in [0, 0.05) is 12.2 Å². The van der Waals surface area contributed by atoms with Gasteiger partial charge in [-0.1, -0.05) is 6.07 Å². The molecule has 0 aromatic heterocycles. The molecule has 1 heterocycles. The number of nitrogens with one attached hydrogen (secondary N) is 1. The van der Waals surface area contributed by atoms with Gasteiger partial charge >= 0.3 is 0 Å². The predicted molar refractivity (Wildman–Crippen MR) is 74.5 cm³/mol. The molecule has 2 rings (SSSR count). The minimum absolute atomic E-state index is 0.722. The minimum Gasteiger partial charge on any atom is -0.385 e. The highest BCUT2D eigenvalue weighted by atomic mass is 15.1. The van der Waals surface area contributed by atoms with Gasteiger partial charge in [0.1, 0.15) is 0 Å². The fraction of sp³-hybridized carbons (Fsp3) is 0.533. The molecule has 0 aliphatic carbocycles. The normalized spacial score (nSPS) is 17.3. The van der Waals surface area contributed by atoms with Crippen molar-refractivity contribution in [3.05, 3.63) is 29.8 Å². The number of anilines is 1. The van der Waals surface area contributed by atoms with Crippen molar-refractivity contribution in [1.29, 1.82) is 5.26 Å². The number of nitrogens with zero attached hydrogens (tertiary/aromatic N) is 2. The van der Waals surface area contributed by atoms with Crippen LogP contribution < -0.4 is 5.32 Å². The molecule has 1 aliphatic rings. The van der Waals surface area contributed by atoms with E-state index in [0.29, 0.717) is 0 Å². The summed E-state index contributed by atoms with van der Waals surface area (Å²) in [6.45, 7) is 3.46. The number of piperidine rings is 1. The van der Waals surface area contributed by atoms with Crippen molar-refractivity contribution in [2.45, 2.75) is 19.3 Å². The van der Waals surface area contributed by atoms with Crippen molar-refractivity contribution in [1.82, 2.24) is 4.90 Å². The Morgan fingerprint density at radius 3 is 2.89 bits per heavy atom. The SMILES string of the molecule is CN1CCC(CCNc2cccc(C#N)c2)CC1. The molecule has 1 aromatic carbocycles. The number of benzene rings is 1. The van der Waals surface area contributed by atoms with Crippen molar-refractivity contribution in [2.75, 3.05) is 32.0 Å². The molecule has 1 fully saturated rings. The van der Waals surface area contributed by atoms with Crippen LogP contribution in [-0.4, -0.2) is 31.6 Å². The van der Waals surface area contributed by atoms with E-state index in [0.717, 1.165) is 23.7 Å². The van der Waals surface area contributed by atoms with E-state index < -0.39 is 0 Å². The zero-order chi connectivity index (χ0) is 12.8. The zero-order valence-corrected chi connectivity index (χ0v) is 11.0. The summed E-state index contributed by atoms with van der Waals surface area (Å²) in [6.07, 6.45) is 3.86. The third kappa shape index (κ3) is 3.75. The lowest BCUT2D eigenvalue weighted by Crippen LogP contribution is -2.30. The van der Waals surface area contributed by atoms with Gasteiger partial charge in [-0.15, -0.1) is 0 Å². The first-order chi connectivity index (χ1) is 8.78. The standard InChI is InChI=1S/C15H21N3/c1-18-9-6-13(7-10-18)5-8-17-15-4-2-3-14(11-15)12-16/h2-4,11,13,17H,5-10H2,1H3. The third-order valence-corrected chi connectivity index (χ3v) is 3.71. The van der Waals surface area contributed by atoms with Crippen LogP contribution >= 0.6 is 0 Å². The van der Waals surface area contributed by atoms with E-state index in [1.54, 1.807) is 0 Å². The van der Waals surface area contributed by atoms with Crippen molar-refractivity contribution in [3.63, 3.8) is 0 Å². The number of hydrogen-bond acceptors (Lipinski definition) is 3. The summed E-state index contributed by atoms with van der Waals surface area (Å²) in [5, 5.41) is 12.2. The molecule has 0 amide bonds. The molecule has 18 heavy (non-hydrogen) atoms. The monoisotopic (exact) mass is 243 g/mol. The number of rotatable bonds is 4. The van der Waals surface area contributed by atoms with Crippen LogP contribution in [0.25, 0.3) is 0 Å². The van der Waals surface area contributed by atoms with Crippen LogP contribution in [0.2, 0.25) is 0 Å². The minimum atomic E-state index is 0.722. The van der Waals surface area contributed by atoms with E-state index in [9.17, 15) is 0 Å². The van der Waals surface area contributed by atoms with E-state index in [4.69, 9.17) is 5.26 Å². The molecule has 3 heteroatoms. The van der Waals surface area contributed by atoms with E-state index >= 15 is 0 Å². The molecule has 1 saturated heterocycles. The summed E-state index contributed by atoms with van der Waals surface area (Å²) in [4.78, 5) is 2.40. The van der Waals surface area contributed by atoms with Gasteiger partial charge < -0.3 is 10.2 Å². The van der Waals surface area contributed by atoms with Crippen molar-refractivity contribution in [2.24, 2.45) is 5.92 Å². The molecule has 0 radical (unpaired) electrons. The second-order valence-electron chi connectivity index (χ2n) is 5.15.